The average Bonchev–Trinajstić information content (AvgIpc) is 3.41. The highest BCUT2D eigenvalue weighted by Crippen LogP contribution is 2.40. The molecule has 0 unspecified atom stereocenters. The Bertz CT molecular complexity index is 1540. The third-order valence-corrected chi connectivity index (χ3v) is 8.74. The van der Waals surface area contributed by atoms with Crippen molar-refractivity contribution in [2.24, 2.45) is 0 Å². The summed E-state index contributed by atoms with van der Waals surface area (Å²) in [6.07, 6.45) is 4.72. The summed E-state index contributed by atoms with van der Waals surface area (Å²) in [4.78, 5) is 27.5. The number of amides is 1. The smallest absolute Gasteiger partial charge is 0.412 e. The summed E-state index contributed by atoms with van der Waals surface area (Å²) in [6.45, 7) is 4.71. The topological polar surface area (TPSA) is 126 Å². The number of methoxy groups -OCH3 is 1. The maximum atomic E-state index is 12.3. The number of nitrogens with zero attached hydrogens (tertiary/aromatic N) is 7. The molecular weight excluding hydrogens is 532 g/mol. The Kier molecular flexibility index (Phi) is 7.94. The van der Waals surface area contributed by atoms with E-state index in [0.717, 1.165) is 68.6 Å². The second-order valence-corrected chi connectivity index (χ2v) is 11.3. The number of fused-ring (bicyclic) bond motifs is 1. The Morgan fingerprint density at radius 2 is 1.74 bits per heavy atom. The highest BCUT2D eigenvalue weighted by Gasteiger charge is 2.31. The first kappa shape index (κ1) is 27.9. The fourth-order valence-electron chi connectivity index (χ4n) is 6.38. The van der Waals surface area contributed by atoms with Gasteiger partial charge in [-0.05, 0) is 50.4 Å². The molecule has 1 saturated carbocycles. The number of carbonyl (C=O) groups is 1. The summed E-state index contributed by atoms with van der Waals surface area (Å²) < 4.78 is 7.74. The van der Waals surface area contributed by atoms with E-state index in [1.807, 2.05) is 47.1 Å². The third kappa shape index (κ3) is 5.49. The Morgan fingerprint density at radius 3 is 2.43 bits per heavy atom. The van der Waals surface area contributed by atoms with Crippen molar-refractivity contribution in [3.8, 4) is 17.0 Å². The minimum atomic E-state index is -1.07. The lowest BCUT2D eigenvalue weighted by molar-refractivity contribution is 0.0815. The van der Waals surface area contributed by atoms with Gasteiger partial charge in [-0.25, -0.2) is 19.4 Å². The molecule has 1 amide bonds. The predicted octanol–water partition coefficient (Wildman–Crippen LogP) is 4.50. The molecule has 0 spiro atoms. The van der Waals surface area contributed by atoms with Gasteiger partial charge in [0.25, 0.3) is 0 Å². The van der Waals surface area contributed by atoms with Gasteiger partial charge in [0.05, 0.1) is 30.8 Å². The van der Waals surface area contributed by atoms with Crippen LogP contribution in [0.15, 0.2) is 54.9 Å². The van der Waals surface area contributed by atoms with Gasteiger partial charge in [0.1, 0.15) is 23.6 Å². The van der Waals surface area contributed by atoms with E-state index in [1.165, 1.54) is 18.3 Å². The van der Waals surface area contributed by atoms with Gasteiger partial charge in [-0.1, -0.05) is 36.4 Å². The second-order valence-electron chi connectivity index (χ2n) is 11.3. The molecule has 0 radical (unpaired) electrons. The van der Waals surface area contributed by atoms with E-state index >= 15 is 0 Å². The van der Waals surface area contributed by atoms with Crippen LogP contribution >= 0.6 is 0 Å². The van der Waals surface area contributed by atoms with Crippen LogP contribution in [0.5, 0.6) is 5.75 Å². The van der Waals surface area contributed by atoms with E-state index in [-0.39, 0.29) is 12.6 Å². The highest BCUT2D eigenvalue weighted by atomic mass is 16.5. The number of aromatic nitrogens is 4. The molecule has 3 N–H and O–H groups in total. The lowest BCUT2D eigenvalue weighted by atomic mass is 9.90. The average molecular weight is 571 g/mol. The van der Waals surface area contributed by atoms with Crippen molar-refractivity contribution >= 4 is 28.6 Å². The first-order valence-electron chi connectivity index (χ1n) is 14.6. The zero-order chi connectivity index (χ0) is 29.2. The number of piperazine rings is 1. The van der Waals surface area contributed by atoms with Crippen LogP contribution in [0.4, 0.5) is 16.3 Å². The maximum Gasteiger partial charge on any atom is 0.412 e. The summed E-state index contributed by atoms with van der Waals surface area (Å²) >= 11 is 0. The zero-order valence-corrected chi connectivity index (χ0v) is 24.2. The number of rotatable bonds is 7. The van der Waals surface area contributed by atoms with Crippen LogP contribution in [-0.4, -0.2) is 87.1 Å². The molecule has 220 valence electrons. The largest absolute Gasteiger partial charge is 0.495 e. The van der Waals surface area contributed by atoms with Crippen LogP contribution in [0, 0.1) is 0 Å². The molecule has 2 aromatic carbocycles. The van der Waals surface area contributed by atoms with E-state index in [1.54, 1.807) is 6.07 Å². The van der Waals surface area contributed by atoms with Gasteiger partial charge in [0, 0.05) is 37.8 Å². The molecule has 0 bridgehead atoms. The van der Waals surface area contributed by atoms with Gasteiger partial charge in [-0.15, -0.1) is 0 Å². The maximum absolute atomic E-state index is 12.3. The number of likely N-dealkylation sites (N-methyl/N-ethyl adjacent to an activating group) is 1. The molecule has 6 rings (SSSR count). The molecular formula is C31H38N8O3. The van der Waals surface area contributed by atoms with E-state index in [0.29, 0.717) is 34.4 Å². The van der Waals surface area contributed by atoms with E-state index < -0.39 is 6.09 Å². The number of carboxylic acid groups (broad SMARTS) is 1. The molecule has 2 aliphatic rings. The minimum Gasteiger partial charge on any atom is -0.495 e. The van der Waals surface area contributed by atoms with Crippen molar-refractivity contribution in [1.82, 2.24) is 29.5 Å². The molecule has 1 saturated heterocycles. The number of nitrogens with two attached hydrogens (primary N) is 1. The van der Waals surface area contributed by atoms with Crippen LogP contribution in [0.2, 0.25) is 0 Å². The Balaban J connectivity index is 1.30. The van der Waals surface area contributed by atoms with E-state index in [2.05, 4.69) is 26.8 Å². The van der Waals surface area contributed by atoms with Gasteiger partial charge in [0.15, 0.2) is 5.65 Å². The first-order valence-corrected chi connectivity index (χ1v) is 14.6. The molecule has 1 aliphatic carbocycles. The van der Waals surface area contributed by atoms with Gasteiger partial charge in [0.2, 0.25) is 0 Å². The Hall–Kier alpha value is -4.22. The number of ether oxygens (including phenoxy) is 1. The van der Waals surface area contributed by atoms with Gasteiger partial charge in [-0.2, -0.15) is 5.10 Å². The number of nitrogen functional groups attached to an aromatic ring is 1. The van der Waals surface area contributed by atoms with E-state index in [9.17, 15) is 9.90 Å². The standard InChI is InChI=1S/C31H38N8O3/c1-36-14-16-37(17-15-36)23-9-11-24(12-10-23)39-30-27(29(32)33-20-34-30)28(35-39)22-8-13-25(26(18-22)42-2)38(31(40)41)19-21-6-4-3-5-7-21/h3-8,13,18,20,23-24H,9-12,14-17,19H2,1-2H3,(H,40,41)(H2,32,33,34)/t23-,24-. The fraction of sp³-hybridized carbons (Fsp3) is 0.419. The quantitative estimate of drug-likeness (QED) is 0.330. The summed E-state index contributed by atoms with van der Waals surface area (Å²) in [5, 5.41) is 15.8. The number of benzene rings is 2. The molecule has 0 atom stereocenters. The molecule has 1 aliphatic heterocycles. The predicted molar refractivity (Wildman–Crippen MR) is 163 cm³/mol. The summed E-state index contributed by atoms with van der Waals surface area (Å²) in [7, 11) is 3.73. The van der Waals surface area contributed by atoms with Gasteiger partial charge < -0.3 is 20.5 Å². The van der Waals surface area contributed by atoms with Gasteiger partial charge in [-0.3, -0.25) is 9.80 Å². The van der Waals surface area contributed by atoms with Crippen molar-refractivity contribution in [3.05, 3.63) is 60.4 Å². The molecule has 42 heavy (non-hydrogen) atoms. The van der Waals surface area contributed by atoms with Gasteiger partial charge >= 0.3 is 6.09 Å². The lowest BCUT2D eigenvalue weighted by Gasteiger charge is -2.41. The first-order chi connectivity index (χ1) is 20.4. The van der Waals surface area contributed by atoms with Crippen LogP contribution < -0.4 is 15.4 Å². The van der Waals surface area contributed by atoms with Crippen LogP contribution in [0.1, 0.15) is 37.3 Å². The third-order valence-electron chi connectivity index (χ3n) is 8.74. The number of hydrogen-bond acceptors (Lipinski definition) is 8. The molecule has 2 fully saturated rings. The Morgan fingerprint density at radius 1 is 1.02 bits per heavy atom. The lowest BCUT2D eigenvalue weighted by Crippen LogP contribution is -2.49. The fourth-order valence-corrected chi connectivity index (χ4v) is 6.38. The summed E-state index contributed by atoms with van der Waals surface area (Å²) in [6, 6.07) is 15.8. The SMILES string of the molecule is COc1cc(-c2nn([C@H]3CC[C@H](N4CCN(C)CC4)CC3)c3ncnc(N)c23)ccc1N(Cc1ccccc1)C(=O)O. The summed E-state index contributed by atoms with van der Waals surface area (Å²) in [5.41, 5.74) is 9.89. The minimum absolute atomic E-state index is 0.195. The monoisotopic (exact) mass is 570 g/mol. The zero-order valence-electron chi connectivity index (χ0n) is 24.2. The van der Waals surface area contributed by atoms with Crippen molar-refractivity contribution < 1.29 is 14.6 Å². The molecule has 11 nitrogen and oxygen atoms in total. The van der Waals surface area contributed by atoms with Crippen LogP contribution in [0.25, 0.3) is 22.3 Å². The highest BCUT2D eigenvalue weighted by molar-refractivity contribution is 5.99. The van der Waals surface area contributed by atoms with Crippen LogP contribution in [0.3, 0.4) is 0 Å². The van der Waals surface area contributed by atoms with Crippen molar-refractivity contribution in [3.63, 3.8) is 0 Å². The number of hydrogen-bond donors (Lipinski definition) is 2. The Labute approximate surface area is 245 Å². The normalized spacial score (nSPS) is 20.0. The second kappa shape index (κ2) is 11.9. The number of anilines is 2. The van der Waals surface area contributed by atoms with Crippen molar-refractivity contribution in [1.29, 1.82) is 0 Å². The molecule has 2 aromatic heterocycles. The van der Waals surface area contributed by atoms with E-state index in [4.69, 9.17) is 15.6 Å². The summed E-state index contributed by atoms with van der Waals surface area (Å²) in [5.74, 6) is 0.795. The van der Waals surface area contributed by atoms with Crippen molar-refractivity contribution in [2.75, 3.05) is 51.0 Å². The molecule has 4 aromatic rings. The molecule has 11 heteroatoms. The molecule has 3 heterocycles. The van der Waals surface area contributed by atoms with Crippen LogP contribution in [-0.2, 0) is 6.54 Å². The van der Waals surface area contributed by atoms with Crippen molar-refractivity contribution in [2.45, 2.75) is 44.3 Å².